The molecule has 21 heavy (non-hydrogen) atoms. The number of rotatable bonds is 7. The van der Waals surface area contributed by atoms with E-state index in [0.29, 0.717) is 12.5 Å². The molecule has 1 N–H and O–H groups in total. The van der Waals surface area contributed by atoms with Crippen molar-refractivity contribution < 1.29 is 13.2 Å². The number of nitrogens with zero attached hydrogens (tertiary/aromatic N) is 1. The summed E-state index contributed by atoms with van der Waals surface area (Å²) >= 11 is 3.41. The number of halogens is 4. The van der Waals surface area contributed by atoms with Crippen LogP contribution in [-0.2, 0) is 6.54 Å². The van der Waals surface area contributed by atoms with E-state index in [1.54, 1.807) is 11.9 Å². The van der Waals surface area contributed by atoms with Gasteiger partial charge >= 0.3 is 6.18 Å². The van der Waals surface area contributed by atoms with Crippen molar-refractivity contribution in [2.24, 2.45) is 5.92 Å². The molecular weight excluding hydrogens is 345 g/mol. The van der Waals surface area contributed by atoms with Crippen molar-refractivity contribution in [3.05, 3.63) is 28.2 Å². The summed E-state index contributed by atoms with van der Waals surface area (Å²) in [6.45, 7) is 5.71. The first kappa shape index (κ1) is 18.3. The summed E-state index contributed by atoms with van der Waals surface area (Å²) in [5.74, 6) is 0.531. The third-order valence-corrected chi connectivity index (χ3v) is 3.54. The molecule has 0 heterocycles. The Morgan fingerprint density at radius 3 is 2.52 bits per heavy atom. The van der Waals surface area contributed by atoms with Crippen LogP contribution in [0.25, 0.3) is 0 Å². The first-order valence-corrected chi connectivity index (χ1v) is 7.75. The monoisotopic (exact) mass is 366 g/mol. The predicted molar refractivity (Wildman–Crippen MR) is 84.6 cm³/mol. The van der Waals surface area contributed by atoms with Crippen molar-refractivity contribution in [3.63, 3.8) is 0 Å². The van der Waals surface area contributed by atoms with Crippen molar-refractivity contribution in [3.8, 4) is 0 Å². The SMILES string of the molecule is CC(C)CNCc1cc(Br)ccc1N(C)CCC(F)(F)F. The molecule has 120 valence electrons. The Morgan fingerprint density at radius 2 is 1.95 bits per heavy atom. The largest absolute Gasteiger partial charge is 0.390 e. The molecule has 1 rings (SSSR count). The molecule has 0 amide bonds. The molecule has 0 unspecified atom stereocenters. The predicted octanol–water partition coefficient (Wildman–Crippen LogP) is 4.58. The van der Waals surface area contributed by atoms with Crippen molar-refractivity contribution >= 4 is 21.6 Å². The van der Waals surface area contributed by atoms with Gasteiger partial charge in [0.25, 0.3) is 0 Å². The van der Waals surface area contributed by atoms with Crippen LogP contribution in [0.3, 0.4) is 0 Å². The van der Waals surface area contributed by atoms with E-state index >= 15 is 0 Å². The topological polar surface area (TPSA) is 15.3 Å². The average Bonchev–Trinajstić information content (AvgIpc) is 2.35. The molecule has 1 aromatic carbocycles. The lowest BCUT2D eigenvalue weighted by Crippen LogP contribution is -2.26. The minimum Gasteiger partial charge on any atom is -0.374 e. The highest BCUT2D eigenvalue weighted by atomic mass is 79.9. The van der Waals surface area contributed by atoms with Crippen LogP contribution in [0.2, 0.25) is 0 Å². The maximum Gasteiger partial charge on any atom is 0.390 e. The molecule has 0 aromatic heterocycles. The Hall–Kier alpha value is -0.750. The second kappa shape index (κ2) is 8.03. The van der Waals surface area contributed by atoms with Gasteiger partial charge in [0, 0.05) is 30.3 Å². The summed E-state index contributed by atoms with van der Waals surface area (Å²) in [5, 5.41) is 3.33. The van der Waals surface area contributed by atoms with Crippen molar-refractivity contribution in [1.82, 2.24) is 5.32 Å². The lowest BCUT2D eigenvalue weighted by molar-refractivity contribution is -0.132. The smallest absolute Gasteiger partial charge is 0.374 e. The van der Waals surface area contributed by atoms with E-state index in [1.807, 2.05) is 18.2 Å². The van der Waals surface area contributed by atoms with Crippen molar-refractivity contribution in [1.29, 1.82) is 0 Å². The van der Waals surface area contributed by atoms with Crippen LogP contribution in [0, 0.1) is 5.92 Å². The number of benzene rings is 1. The van der Waals surface area contributed by atoms with Gasteiger partial charge in [-0.15, -0.1) is 0 Å². The second-order valence-corrected chi connectivity index (χ2v) is 6.50. The van der Waals surface area contributed by atoms with E-state index in [-0.39, 0.29) is 6.54 Å². The van der Waals surface area contributed by atoms with Gasteiger partial charge in [0.15, 0.2) is 0 Å². The summed E-state index contributed by atoms with van der Waals surface area (Å²) < 4.78 is 38.0. The van der Waals surface area contributed by atoms with Crippen LogP contribution in [0.4, 0.5) is 18.9 Å². The Morgan fingerprint density at radius 1 is 1.29 bits per heavy atom. The molecule has 0 spiro atoms. The summed E-state index contributed by atoms with van der Waals surface area (Å²) in [4.78, 5) is 1.66. The van der Waals surface area contributed by atoms with Crippen LogP contribution < -0.4 is 10.2 Å². The van der Waals surface area contributed by atoms with Gasteiger partial charge < -0.3 is 10.2 Å². The molecule has 0 saturated heterocycles. The summed E-state index contributed by atoms with van der Waals surface area (Å²) in [5.41, 5.74) is 1.83. The number of hydrogen-bond acceptors (Lipinski definition) is 2. The first-order valence-electron chi connectivity index (χ1n) is 6.96. The Kier molecular flexibility index (Phi) is 7.00. The maximum absolute atomic E-state index is 12.3. The molecule has 0 aliphatic heterocycles. The fourth-order valence-electron chi connectivity index (χ4n) is 1.98. The first-order chi connectivity index (χ1) is 9.69. The number of anilines is 1. The zero-order chi connectivity index (χ0) is 16.0. The molecular formula is C15H22BrF3N2. The quantitative estimate of drug-likeness (QED) is 0.759. The van der Waals surface area contributed by atoms with E-state index in [1.165, 1.54) is 0 Å². The van der Waals surface area contributed by atoms with Gasteiger partial charge in [0.1, 0.15) is 0 Å². The molecule has 1 aromatic rings. The van der Waals surface area contributed by atoms with E-state index in [2.05, 4.69) is 35.1 Å². The summed E-state index contributed by atoms with van der Waals surface area (Å²) in [6.07, 6.45) is -4.93. The highest BCUT2D eigenvalue weighted by Gasteiger charge is 2.27. The molecule has 0 atom stereocenters. The van der Waals surface area contributed by atoms with Crippen LogP contribution >= 0.6 is 15.9 Å². The minimum absolute atomic E-state index is 0.0394. The lowest BCUT2D eigenvalue weighted by atomic mass is 10.1. The normalized spacial score (nSPS) is 12.0. The second-order valence-electron chi connectivity index (χ2n) is 5.58. The Balaban J connectivity index is 2.75. The lowest BCUT2D eigenvalue weighted by Gasteiger charge is -2.24. The van der Waals surface area contributed by atoms with Gasteiger partial charge in [-0.25, -0.2) is 0 Å². The maximum atomic E-state index is 12.3. The van der Waals surface area contributed by atoms with Gasteiger partial charge in [-0.05, 0) is 36.2 Å². The van der Waals surface area contributed by atoms with E-state index in [4.69, 9.17) is 0 Å². The average molecular weight is 367 g/mol. The standard InChI is InChI=1S/C15H22BrF3N2/c1-11(2)9-20-10-12-8-13(16)4-5-14(12)21(3)7-6-15(17,18)19/h4-5,8,11,20H,6-7,9-10H2,1-3H3. The third kappa shape index (κ3) is 7.18. The van der Waals surface area contributed by atoms with E-state index < -0.39 is 12.6 Å². The zero-order valence-electron chi connectivity index (χ0n) is 12.6. The van der Waals surface area contributed by atoms with Crippen LogP contribution in [0.1, 0.15) is 25.8 Å². The zero-order valence-corrected chi connectivity index (χ0v) is 14.2. The fourth-order valence-corrected chi connectivity index (χ4v) is 2.39. The van der Waals surface area contributed by atoms with Crippen molar-refractivity contribution in [2.75, 3.05) is 25.0 Å². The van der Waals surface area contributed by atoms with E-state index in [9.17, 15) is 13.2 Å². The van der Waals surface area contributed by atoms with Crippen LogP contribution in [0.15, 0.2) is 22.7 Å². The number of alkyl halides is 3. The van der Waals surface area contributed by atoms with Gasteiger partial charge in [-0.1, -0.05) is 29.8 Å². The molecule has 0 aliphatic carbocycles. The van der Waals surface area contributed by atoms with Crippen LogP contribution in [-0.4, -0.2) is 26.3 Å². The highest BCUT2D eigenvalue weighted by molar-refractivity contribution is 9.10. The highest BCUT2D eigenvalue weighted by Crippen LogP contribution is 2.26. The Labute approximate surface area is 132 Å². The Bertz CT molecular complexity index is 447. The summed E-state index contributed by atoms with van der Waals surface area (Å²) in [7, 11) is 1.70. The fraction of sp³-hybridized carbons (Fsp3) is 0.600. The summed E-state index contributed by atoms with van der Waals surface area (Å²) in [6, 6.07) is 5.66. The van der Waals surface area contributed by atoms with Gasteiger partial charge in [-0.2, -0.15) is 13.2 Å². The van der Waals surface area contributed by atoms with Crippen LogP contribution in [0.5, 0.6) is 0 Å². The van der Waals surface area contributed by atoms with Gasteiger partial charge in [0.2, 0.25) is 0 Å². The molecule has 0 aliphatic rings. The minimum atomic E-state index is -4.13. The van der Waals surface area contributed by atoms with Gasteiger partial charge in [-0.3, -0.25) is 0 Å². The molecule has 0 radical (unpaired) electrons. The van der Waals surface area contributed by atoms with Gasteiger partial charge in [0.05, 0.1) is 6.42 Å². The van der Waals surface area contributed by atoms with Crippen molar-refractivity contribution in [2.45, 2.75) is 33.0 Å². The molecule has 6 heteroatoms. The molecule has 0 fully saturated rings. The molecule has 0 saturated carbocycles. The third-order valence-electron chi connectivity index (χ3n) is 3.05. The number of nitrogens with one attached hydrogen (secondary N) is 1. The number of hydrogen-bond donors (Lipinski definition) is 1. The van der Waals surface area contributed by atoms with E-state index in [0.717, 1.165) is 22.3 Å². The molecule has 2 nitrogen and oxygen atoms in total. The molecule has 0 bridgehead atoms.